The van der Waals surface area contributed by atoms with Crippen molar-refractivity contribution in [3.05, 3.63) is 88.4 Å². The summed E-state index contributed by atoms with van der Waals surface area (Å²) in [5, 5.41) is 2.97. The Balaban J connectivity index is 1.61. The van der Waals surface area contributed by atoms with E-state index in [-0.39, 0.29) is 22.0 Å². The number of aryl methyl sites for hydroxylation is 1. The first-order valence-electron chi connectivity index (χ1n) is 10.2. The van der Waals surface area contributed by atoms with Gasteiger partial charge in [-0.25, -0.2) is 8.42 Å². The molecule has 0 saturated carbocycles. The quantitative estimate of drug-likeness (QED) is 0.578. The number of carbonyl (C=O) groups is 1. The molecule has 166 valence electrons. The first-order chi connectivity index (χ1) is 15.4. The number of sulfonamides is 1. The van der Waals surface area contributed by atoms with Crippen LogP contribution in [0, 0.1) is 0 Å². The zero-order valence-corrected chi connectivity index (χ0v) is 19.1. The smallest absolute Gasteiger partial charge is 0.264 e. The molecule has 1 aliphatic rings. The Morgan fingerprint density at radius 2 is 1.84 bits per heavy atom. The second kappa shape index (κ2) is 9.22. The van der Waals surface area contributed by atoms with Gasteiger partial charge in [0.2, 0.25) is 0 Å². The molecule has 1 aliphatic heterocycles. The van der Waals surface area contributed by atoms with Gasteiger partial charge in [-0.2, -0.15) is 0 Å². The number of ether oxygens (including phenoxy) is 1. The lowest BCUT2D eigenvalue weighted by molar-refractivity contribution is 0.0950. The number of nitrogens with zero attached hydrogens (tertiary/aromatic N) is 1. The maximum Gasteiger partial charge on any atom is 0.264 e. The average molecular weight is 471 g/mol. The van der Waals surface area contributed by atoms with Gasteiger partial charge >= 0.3 is 0 Å². The monoisotopic (exact) mass is 470 g/mol. The lowest BCUT2D eigenvalue weighted by atomic mass is 10.0. The fourth-order valence-electron chi connectivity index (χ4n) is 3.83. The summed E-state index contributed by atoms with van der Waals surface area (Å²) < 4.78 is 33.6. The normalized spacial score (nSPS) is 13.4. The summed E-state index contributed by atoms with van der Waals surface area (Å²) in [6.45, 7) is 0.604. The highest BCUT2D eigenvalue weighted by molar-refractivity contribution is 7.92. The van der Waals surface area contributed by atoms with Gasteiger partial charge in [0.15, 0.2) is 0 Å². The predicted octanol–water partition coefficient (Wildman–Crippen LogP) is 4.42. The van der Waals surface area contributed by atoms with Gasteiger partial charge < -0.3 is 10.1 Å². The van der Waals surface area contributed by atoms with Gasteiger partial charge in [0.1, 0.15) is 5.75 Å². The van der Waals surface area contributed by atoms with Gasteiger partial charge in [0.25, 0.3) is 15.9 Å². The molecule has 0 bridgehead atoms. The molecular formula is C24H23ClN2O4S. The zero-order valence-electron chi connectivity index (χ0n) is 17.5. The first-order valence-corrected chi connectivity index (χ1v) is 12.0. The van der Waals surface area contributed by atoms with Crippen LogP contribution in [0.2, 0.25) is 5.02 Å². The van der Waals surface area contributed by atoms with Crippen molar-refractivity contribution in [2.45, 2.75) is 24.3 Å². The number of rotatable bonds is 6. The third-order valence-electron chi connectivity index (χ3n) is 5.47. The van der Waals surface area contributed by atoms with E-state index in [0.29, 0.717) is 18.0 Å². The molecule has 6 nitrogen and oxygen atoms in total. The van der Waals surface area contributed by atoms with Crippen molar-refractivity contribution in [2.24, 2.45) is 0 Å². The standard InChI is InChI=1S/C24H23ClN2O4S/c1-31-23-11-5-3-8-18(23)16-26-24(28)20-15-19(12-13-21(20)25)32(29,30)27-14-6-9-17-7-2-4-10-22(17)27/h2-5,7-8,10-13,15H,6,9,14,16H2,1H3,(H,26,28). The van der Waals surface area contributed by atoms with Crippen LogP contribution < -0.4 is 14.4 Å². The van der Waals surface area contributed by atoms with Gasteiger partial charge in [-0.1, -0.05) is 48.0 Å². The third kappa shape index (κ3) is 4.31. The fraction of sp³-hybridized carbons (Fsp3) is 0.208. The first kappa shape index (κ1) is 22.2. The van der Waals surface area contributed by atoms with Crippen LogP contribution in [0.4, 0.5) is 5.69 Å². The highest BCUT2D eigenvalue weighted by Crippen LogP contribution is 2.32. The van der Waals surface area contributed by atoms with Gasteiger partial charge in [0, 0.05) is 18.7 Å². The van der Waals surface area contributed by atoms with Gasteiger partial charge in [-0.15, -0.1) is 0 Å². The van der Waals surface area contributed by atoms with E-state index >= 15 is 0 Å². The number of amides is 1. The number of carbonyl (C=O) groups excluding carboxylic acids is 1. The van der Waals surface area contributed by atoms with E-state index in [9.17, 15) is 13.2 Å². The number of para-hydroxylation sites is 2. The summed E-state index contributed by atoms with van der Waals surface area (Å²) in [7, 11) is -2.29. The van der Waals surface area contributed by atoms with Crippen molar-refractivity contribution >= 4 is 33.2 Å². The molecule has 1 amide bonds. The van der Waals surface area contributed by atoms with E-state index < -0.39 is 15.9 Å². The molecule has 0 spiro atoms. The van der Waals surface area contributed by atoms with Gasteiger partial charge in [-0.3, -0.25) is 9.10 Å². The second-order valence-electron chi connectivity index (χ2n) is 7.45. The highest BCUT2D eigenvalue weighted by atomic mass is 35.5. The lowest BCUT2D eigenvalue weighted by Crippen LogP contribution is -2.35. The summed E-state index contributed by atoms with van der Waals surface area (Å²) in [6.07, 6.45) is 1.56. The predicted molar refractivity (Wildman–Crippen MR) is 125 cm³/mol. The number of methoxy groups -OCH3 is 1. The number of anilines is 1. The van der Waals surface area contributed by atoms with Crippen LogP contribution in [0.5, 0.6) is 5.75 Å². The van der Waals surface area contributed by atoms with Crippen LogP contribution in [0.25, 0.3) is 0 Å². The minimum atomic E-state index is -3.85. The second-order valence-corrected chi connectivity index (χ2v) is 9.72. The van der Waals surface area contributed by atoms with Crippen LogP contribution in [-0.4, -0.2) is 28.0 Å². The summed E-state index contributed by atoms with van der Waals surface area (Å²) in [4.78, 5) is 12.9. The number of hydrogen-bond acceptors (Lipinski definition) is 4. The van der Waals surface area contributed by atoms with Crippen LogP contribution in [-0.2, 0) is 23.0 Å². The summed E-state index contributed by atoms with van der Waals surface area (Å²) in [5.74, 6) is 0.191. The van der Waals surface area contributed by atoms with E-state index in [1.807, 2.05) is 42.5 Å². The Morgan fingerprint density at radius 1 is 1.09 bits per heavy atom. The number of benzene rings is 3. The SMILES string of the molecule is COc1ccccc1CNC(=O)c1cc(S(=O)(=O)N2CCCc3ccccc32)ccc1Cl. The Bertz CT molecular complexity index is 1260. The van der Waals surface area contributed by atoms with Crippen molar-refractivity contribution in [3.63, 3.8) is 0 Å². The number of halogens is 1. The van der Waals surface area contributed by atoms with Gasteiger partial charge in [0.05, 0.1) is 28.3 Å². The van der Waals surface area contributed by atoms with E-state index in [1.165, 1.54) is 22.5 Å². The van der Waals surface area contributed by atoms with Crippen molar-refractivity contribution in [1.29, 1.82) is 0 Å². The molecule has 1 heterocycles. The van der Waals surface area contributed by atoms with E-state index in [1.54, 1.807) is 13.2 Å². The molecule has 0 fully saturated rings. The van der Waals surface area contributed by atoms with Crippen molar-refractivity contribution in [2.75, 3.05) is 18.0 Å². The van der Waals surface area contributed by atoms with E-state index in [2.05, 4.69) is 5.32 Å². The molecule has 32 heavy (non-hydrogen) atoms. The van der Waals surface area contributed by atoms with Crippen molar-refractivity contribution < 1.29 is 17.9 Å². The van der Waals surface area contributed by atoms with Crippen LogP contribution >= 0.6 is 11.6 Å². The van der Waals surface area contributed by atoms with Crippen molar-refractivity contribution in [3.8, 4) is 5.75 Å². The largest absolute Gasteiger partial charge is 0.496 e. The molecule has 0 aliphatic carbocycles. The topological polar surface area (TPSA) is 75.7 Å². The zero-order chi connectivity index (χ0) is 22.7. The fourth-order valence-corrected chi connectivity index (χ4v) is 5.61. The highest BCUT2D eigenvalue weighted by Gasteiger charge is 2.30. The lowest BCUT2D eigenvalue weighted by Gasteiger charge is -2.30. The Hall–Kier alpha value is -3.03. The van der Waals surface area contributed by atoms with Gasteiger partial charge in [-0.05, 0) is 48.7 Å². The van der Waals surface area contributed by atoms with Crippen LogP contribution in [0.15, 0.2) is 71.6 Å². The molecular weight excluding hydrogens is 448 g/mol. The summed E-state index contributed by atoms with van der Waals surface area (Å²) >= 11 is 6.25. The molecule has 3 aromatic rings. The number of fused-ring (bicyclic) bond motifs is 1. The molecule has 0 radical (unpaired) electrons. The van der Waals surface area contributed by atoms with E-state index in [0.717, 1.165) is 24.0 Å². The molecule has 3 aromatic carbocycles. The van der Waals surface area contributed by atoms with E-state index in [4.69, 9.17) is 16.3 Å². The molecule has 1 N–H and O–H groups in total. The molecule has 0 aromatic heterocycles. The maximum atomic E-state index is 13.4. The number of hydrogen-bond donors (Lipinski definition) is 1. The molecule has 4 rings (SSSR count). The Morgan fingerprint density at radius 3 is 2.66 bits per heavy atom. The van der Waals surface area contributed by atoms with Crippen molar-refractivity contribution in [1.82, 2.24) is 5.32 Å². The maximum absolute atomic E-state index is 13.4. The molecule has 0 unspecified atom stereocenters. The molecule has 8 heteroatoms. The van der Waals surface area contributed by atoms with Crippen LogP contribution in [0.3, 0.4) is 0 Å². The minimum absolute atomic E-state index is 0.0287. The Kier molecular flexibility index (Phi) is 6.39. The molecule has 0 atom stereocenters. The minimum Gasteiger partial charge on any atom is -0.496 e. The summed E-state index contributed by atoms with van der Waals surface area (Å²) in [5.41, 5.74) is 2.57. The molecule has 0 saturated heterocycles. The Labute approximate surface area is 192 Å². The average Bonchev–Trinajstić information content (AvgIpc) is 2.82. The third-order valence-corrected chi connectivity index (χ3v) is 7.61. The summed E-state index contributed by atoms with van der Waals surface area (Å²) in [6, 6.07) is 19.0. The number of nitrogens with one attached hydrogen (secondary N) is 1. The van der Waals surface area contributed by atoms with Crippen LogP contribution in [0.1, 0.15) is 27.9 Å².